The van der Waals surface area contributed by atoms with Crippen molar-refractivity contribution < 1.29 is 14.1 Å². The molecule has 1 aliphatic rings. The Morgan fingerprint density at radius 1 is 1.42 bits per heavy atom. The van der Waals surface area contributed by atoms with Crippen LogP contribution in [0.4, 0.5) is 5.82 Å². The van der Waals surface area contributed by atoms with Crippen molar-refractivity contribution in [3.63, 3.8) is 0 Å². The molecule has 3 heterocycles. The third kappa shape index (κ3) is 4.37. The molecule has 0 saturated carbocycles. The van der Waals surface area contributed by atoms with E-state index in [4.69, 9.17) is 9.26 Å². The lowest BCUT2D eigenvalue weighted by Crippen LogP contribution is -2.41. The minimum atomic E-state index is 0.0494. The number of piperidine rings is 1. The van der Waals surface area contributed by atoms with Crippen molar-refractivity contribution in [1.29, 1.82) is 0 Å². The van der Waals surface area contributed by atoms with Gasteiger partial charge in [-0.2, -0.15) is 4.98 Å². The van der Waals surface area contributed by atoms with E-state index in [0.717, 1.165) is 43.7 Å². The van der Waals surface area contributed by atoms with Crippen LogP contribution in [0.25, 0.3) is 11.4 Å². The topological polar surface area (TPSA) is 93.4 Å². The first-order valence-electron chi connectivity index (χ1n) is 8.96. The number of methoxy groups -OCH3 is 1. The first-order valence-corrected chi connectivity index (χ1v) is 8.96. The Kier molecular flexibility index (Phi) is 6.17. The van der Waals surface area contributed by atoms with E-state index in [-0.39, 0.29) is 11.8 Å². The molecule has 8 nitrogen and oxygen atoms in total. The number of rotatable bonds is 7. The predicted octanol–water partition coefficient (Wildman–Crippen LogP) is 1.81. The molecule has 0 atom stereocenters. The monoisotopic (exact) mass is 359 g/mol. The van der Waals surface area contributed by atoms with Crippen LogP contribution in [0.2, 0.25) is 0 Å². The van der Waals surface area contributed by atoms with Gasteiger partial charge in [0.1, 0.15) is 5.82 Å². The number of hydrogen-bond donors (Lipinski definition) is 1. The van der Waals surface area contributed by atoms with Gasteiger partial charge < -0.3 is 19.5 Å². The van der Waals surface area contributed by atoms with Crippen LogP contribution in [0.15, 0.2) is 22.9 Å². The molecule has 8 heteroatoms. The Balaban J connectivity index is 1.60. The summed E-state index contributed by atoms with van der Waals surface area (Å²) in [5.74, 6) is 2.10. The summed E-state index contributed by atoms with van der Waals surface area (Å²) >= 11 is 0. The molecule has 2 aromatic heterocycles. The number of nitrogens with zero attached hydrogens (tertiary/aromatic N) is 4. The summed E-state index contributed by atoms with van der Waals surface area (Å²) in [6.07, 6.45) is 4.21. The summed E-state index contributed by atoms with van der Waals surface area (Å²) in [7, 11) is 1.67. The first kappa shape index (κ1) is 18.3. The Labute approximate surface area is 152 Å². The molecular weight excluding hydrogens is 334 g/mol. The maximum absolute atomic E-state index is 12.3. The minimum Gasteiger partial charge on any atom is -0.385 e. The molecular formula is C18H25N5O3. The van der Waals surface area contributed by atoms with E-state index in [2.05, 4.69) is 25.3 Å². The van der Waals surface area contributed by atoms with Gasteiger partial charge in [-0.1, -0.05) is 5.16 Å². The summed E-state index contributed by atoms with van der Waals surface area (Å²) in [6, 6.07) is 3.81. The van der Waals surface area contributed by atoms with Gasteiger partial charge in [0.2, 0.25) is 17.6 Å². The van der Waals surface area contributed by atoms with Crippen LogP contribution in [-0.4, -0.2) is 54.4 Å². The zero-order chi connectivity index (χ0) is 18.4. The van der Waals surface area contributed by atoms with E-state index in [1.807, 2.05) is 12.1 Å². The molecule has 0 radical (unpaired) electrons. The number of anilines is 1. The van der Waals surface area contributed by atoms with Crippen molar-refractivity contribution in [2.45, 2.75) is 26.2 Å². The van der Waals surface area contributed by atoms with Crippen LogP contribution in [-0.2, 0) is 9.53 Å². The van der Waals surface area contributed by atoms with Gasteiger partial charge in [0.25, 0.3) is 0 Å². The lowest BCUT2D eigenvalue weighted by atomic mass is 9.95. The Morgan fingerprint density at radius 3 is 2.92 bits per heavy atom. The highest BCUT2D eigenvalue weighted by molar-refractivity contribution is 5.79. The van der Waals surface area contributed by atoms with Gasteiger partial charge in [0.15, 0.2) is 0 Å². The molecule has 1 amide bonds. The van der Waals surface area contributed by atoms with Crippen LogP contribution in [0.5, 0.6) is 0 Å². The van der Waals surface area contributed by atoms with E-state index in [0.29, 0.717) is 24.9 Å². The van der Waals surface area contributed by atoms with Gasteiger partial charge >= 0.3 is 0 Å². The number of aryl methyl sites for hydroxylation is 1. The van der Waals surface area contributed by atoms with Gasteiger partial charge in [-0.15, -0.1) is 0 Å². The fraction of sp³-hybridized carbons (Fsp3) is 0.556. The molecule has 2 aromatic rings. The number of carbonyl (C=O) groups excluding carboxylic acids is 1. The molecule has 0 aliphatic carbocycles. The first-order chi connectivity index (χ1) is 12.7. The van der Waals surface area contributed by atoms with Gasteiger partial charge in [-0.3, -0.25) is 4.79 Å². The van der Waals surface area contributed by atoms with Crippen LogP contribution in [0.3, 0.4) is 0 Å². The predicted molar refractivity (Wildman–Crippen MR) is 96.7 cm³/mol. The second-order valence-electron chi connectivity index (χ2n) is 6.41. The van der Waals surface area contributed by atoms with Crippen molar-refractivity contribution >= 4 is 11.7 Å². The third-order valence-corrected chi connectivity index (χ3v) is 4.54. The number of aromatic nitrogens is 3. The fourth-order valence-electron chi connectivity index (χ4n) is 3.16. The lowest BCUT2D eigenvalue weighted by molar-refractivity contribution is -0.125. The van der Waals surface area contributed by atoms with E-state index in [9.17, 15) is 4.79 Å². The number of nitrogens with one attached hydrogen (secondary N) is 1. The second kappa shape index (κ2) is 8.75. The molecule has 26 heavy (non-hydrogen) atoms. The maximum Gasteiger partial charge on any atom is 0.223 e. The van der Waals surface area contributed by atoms with E-state index < -0.39 is 0 Å². The van der Waals surface area contributed by atoms with Crippen molar-refractivity contribution in [2.24, 2.45) is 5.92 Å². The van der Waals surface area contributed by atoms with Gasteiger partial charge in [-0.25, -0.2) is 4.98 Å². The second-order valence-corrected chi connectivity index (χ2v) is 6.41. The van der Waals surface area contributed by atoms with Gasteiger partial charge in [0, 0.05) is 52.4 Å². The molecule has 140 valence electrons. The number of ether oxygens (including phenoxy) is 1. The Bertz CT molecular complexity index is 725. The van der Waals surface area contributed by atoms with E-state index >= 15 is 0 Å². The molecule has 1 N–H and O–H groups in total. The summed E-state index contributed by atoms with van der Waals surface area (Å²) in [4.78, 5) is 23.3. The Morgan fingerprint density at radius 2 is 2.23 bits per heavy atom. The summed E-state index contributed by atoms with van der Waals surface area (Å²) in [6.45, 7) is 4.64. The summed E-state index contributed by atoms with van der Waals surface area (Å²) in [5, 5.41) is 7.00. The molecule has 0 spiro atoms. The minimum absolute atomic E-state index is 0.0494. The summed E-state index contributed by atoms with van der Waals surface area (Å²) < 4.78 is 10.1. The molecule has 0 aromatic carbocycles. The highest BCUT2D eigenvalue weighted by Crippen LogP contribution is 2.30. The number of pyridine rings is 1. The molecule has 0 bridgehead atoms. The van der Waals surface area contributed by atoms with Crippen LogP contribution >= 0.6 is 0 Å². The lowest BCUT2D eigenvalue weighted by Gasteiger charge is -2.32. The average molecular weight is 359 g/mol. The van der Waals surface area contributed by atoms with Crippen molar-refractivity contribution in [3.8, 4) is 11.4 Å². The standard InChI is InChI=1S/C18H25N5O3/c1-13-21-16(22-26-13)15-5-3-8-19-17(15)23-10-6-14(7-11-23)18(24)20-9-4-12-25-2/h3,5,8,14H,4,6-7,9-12H2,1-2H3,(H,20,24). The average Bonchev–Trinajstić information content (AvgIpc) is 3.11. The highest BCUT2D eigenvalue weighted by Gasteiger charge is 2.27. The molecule has 1 saturated heterocycles. The Hall–Kier alpha value is -2.48. The molecule has 1 fully saturated rings. The fourth-order valence-corrected chi connectivity index (χ4v) is 3.16. The van der Waals surface area contributed by atoms with Crippen molar-refractivity contribution in [2.75, 3.05) is 38.3 Å². The smallest absolute Gasteiger partial charge is 0.223 e. The van der Waals surface area contributed by atoms with Crippen molar-refractivity contribution in [3.05, 3.63) is 24.2 Å². The number of amides is 1. The highest BCUT2D eigenvalue weighted by atomic mass is 16.5. The molecule has 3 rings (SSSR count). The van der Waals surface area contributed by atoms with Crippen LogP contribution in [0, 0.1) is 12.8 Å². The number of hydrogen-bond acceptors (Lipinski definition) is 7. The molecule has 1 aliphatic heterocycles. The zero-order valence-electron chi connectivity index (χ0n) is 15.3. The number of carbonyl (C=O) groups is 1. The zero-order valence-corrected chi connectivity index (χ0v) is 15.3. The largest absolute Gasteiger partial charge is 0.385 e. The van der Waals surface area contributed by atoms with Crippen LogP contribution in [0.1, 0.15) is 25.2 Å². The van der Waals surface area contributed by atoms with Crippen molar-refractivity contribution in [1.82, 2.24) is 20.4 Å². The van der Waals surface area contributed by atoms with E-state index in [1.165, 1.54) is 0 Å². The third-order valence-electron chi connectivity index (χ3n) is 4.54. The van der Waals surface area contributed by atoms with Crippen LogP contribution < -0.4 is 10.2 Å². The molecule has 0 unspecified atom stereocenters. The summed E-state index contributed by atoms with van der Waals surface area (Å²) in [5.41, 5.74) is 0.854. The maximum atomic E-state index is 12.3. The van der Waals surface area contributed by atoms with E-state index in [1.54, 1.807) is 20.2 Å². The van der Waals surface area contributed by atoms with Gasteiger partial charge in [0.05, 0.1) is 5.56 Å². The normalized spacial score (nSPS) is 15.2. The quantitative estimate of drug-likeness (QED) is 0.754. The van der Waals surface area contributed by atoms with Gasteiger partial charge in [-0.05, 0) is 31.4 Å². The SMILES string of the molecule is COCCCNC(=O)C1CCN(c2ncccc2-c2noc(C)n2)CC1.